The zero-order chi connectivity index (χ0) is 15.1. The highest BCUT2D eigenvalue weighted by atomic mass is 16.5. The molecule has 1 saturated carbocycles. The molecule has 21 heavy (non-hydrogen) atoms. The predicted molar refractivity (Wildman–Crippen MR) is 85.3 cm³/mol. The number of ether oxygens (including phenoxy) is 1. The van der Waals surface area contributed by atoms with Gasteiger partial charge >= 0.3 is 0 Å². The van der Waals surface area contributed by atoms with Crippen LogP contribution in [-0.4, -0.2) is 31.1 Å². The van der Waals surface area contributed by atoms with Crippen molar-refractivity contribution in [1.29, 1.82) is 5.26 Å². The lowest BCUT2D eigenvalue weighted by molar-refractivity contribution is 0.159. The molecule has 2 rings (SSSR count). The summed E-state index contributed by atoms with van der Waals surface area (Å²) >= 11 is 0. The minimum Gasteiger partial charge on any atom is -0.494 e. The van der Waals surface area contributed by atoms with Crippen molar-refractivity contribution in [2.45, 2.75) is 45.1 Å². The van der Waals surface area contributed by atoms with Gasteiger partial charge in [0.25, 0.3) is 0 Å². The first-order valence-corrected chi connectivity index (χ1v) is 8.02. The third-order valence-corrected chi connectivity index (χ3v) is 4.50. The maximum Gasteiger partial charge on any atom is 0.120 e. The maximum absolute atomic E-state index is 8.86. The Morgan fingerprint density at radius 1 is 1.29 bits per heavy atom. The van der Waals surface area contributed by atoms with Gasteiger partial charge in [-0.25, -0.2) is 0 Å². The second-order valence-electron chi connectivity index (χ2n) is 6.24. The molecule has 3 heteroatoms. The molecule has 0 radical (unpaired) electrons. The van der Waals surface area contributed by atoms with Crippen molar-refractivity contribution in [3.05, 3.63) is 29.8 Å². The van der Waals surface area contributed by atoms with E-state index in [0.717, 1.165) is 30.7 Å². The Balaban J connectivity index is 1.66. The normalized spacial score (nSPS) is 22.0. The minimum atomic E-state index is 0.654. The first-order chi connectivity index (χ1) is 10.2. The van der Waals surface area contributed by atoms with E-state index in [0.29, 0.717) is 12.2 Å². The van der Waals surface area contributed by atoms with E-state index in [1.54, 1.807) is 12.1 Å². The van der Waals surface area contributed by atoms with Crippen molar-refractivity contribution >= 4 is 0 Å². The Bertz CT molecular complexity index is 472. The molecule has 0 aromatic heterocycles. The van der Waals surface area contributed by atoms with E-state index in [1.807, 2.05) is 12.1 Å². The zero-order valence-electron chi connectivity index (χ0n) is 13.2. The summed E-state index contributed by atoms with van der Waals surface area (Å²) in [6, 6.07) is 10.3. The molecular formula is C18H26N2O. The number of benzene rings is 1. The molecule has 0 aliphatic heterocycles. The fourth-order valence-electron chi connectivity index (χ4n) is 3.03. The van der Waals surface area contributed by atoms with Crippen molar-refractivity contribution in [1.82, 2.24) is 4.90 Å². The van der Waals surface area contributed by atoms with Crippen molar-refractivity contribution in [3.8, 4) is 11.8 Å². The summed E-state index contributed by atoms with van der Waals surface area (Å²) in [5.74, 6) is 1.70. The molecular weight excluding hydrogens is 260 g/mol. The highest BCUT2D eigenvalue weighted by Crippen LogP contribution is 2.26. The average molecular weight is 286 g/mol. The van der Waals surface area contributed by atoms with Gasteiger partial charge in [-0.05, 0) is 63.3 Å². The van der Waals surface area contributed by atoms with Crippen molar-refractivity contribution in [2.75, 3.05) is 20.2 Å². The van der Waals surface area contributed by atoms with Gasteiger partial charge in [0.15, 0.2) is 0 Å². The van der Waals surface area contributed by atoms with E-state index in [2.05, 4.69) is 24.9 Å². The summed E-state index contributed by atoms with van der Waals surface area (Å²) in [6.07, 6.45) is 6.43. The lowest BCUT2D eigenvalue weighted by atomic mass is 9.87. The fourth-order valence-corrected chi connectivity index (χ4v) is 3.03. The number of hydrogen-bond acceptors (Lipinski definition) is 3. The molecule has 0 unspecified atom stereocenters. The van der Waals surface area contributed by atoms with Crippen LogP contribution in [0.2, 0.25) is 0 Å². The van der Waals surface area contributed by atoms with Crippen molar-refractivity contribution < 1.29 is 4.74 Å². The van der Waals surface area contributed by atoms with Gasteiger partial charge in [0.1, 0.15) is 5.75 Å². The van der Waals surface area contributed by atoms with Crippen LogP contribution in [0, 0.1) is 17.2 Å². The van der Waals surface area contributed by atoms with E-state index >= 15 is 0 Å². The quantitative estimate of drug-likeness (QED) is 0.746. The number of nitriles is 1. The van der Waals surface area contributed by atoms with Gasteiger partial charge in [0.2, 0.25) is 0 Å². The van der Waals surface area contributed by atoms with Crippen molar-refractivity contribution in [3.63, 3.8) is 0 Å². The molecule has 0 bridgehead atoms. The third kappa shape index (κ3) is 5.06. The van der Waals surface area contributed by atoms with Gasteiger partial charge in [-0.1, -0.05) is 13.0 Å². The van der Waals surface area contributed by atoms with E-state index in [4.69, 9.17) is 10.00 Å². The predicted octanol–water partition coefficient (Wildman–Crippen LogP) is 3.84. The molecule has 0 N–H and O–H groups in total. The van der Waals surface area contributed by atoms with Crippen LogP contribution in [0.3, 0.4) is 0 Å². The summed E-state index contributed by atoms with van der Waals surface area (Å²) in [5.41, 5.74) is 0.654. The van der Waals surface area contributed by atoms with E-state index in [1.165, 1.54) is 25.7 Å². The lowest BCUT2D eigenvalue weighted by Crippen LogP contribution is -2.35. The Hall–Kier alpha value is -1.53. The van der Waals surface area contributed by atoms with Gasteiger partial charge in [-0.2, -0.15) is 5.26 Å². The van der Waals surface area contributed by atoms with Crippen LogP contribution in [0.5, 0.6) is 5.75 Å². The van der Waals surface area contributed by atoms with Crippen LogP contribution < -0.4 is 4.74 Å². The average Bonchev–Trinajstić information content (AvgIpc) is 2.52. The number of nitrogens with zero attached hydrogens (tertiary/aromatic N) is 2. The van der Waals surface area contributed by atoms with E-state index in [-0.39, 0.29) is 0 Å². The van der Waals surface area contributed by atoms with Gasteiger partial charge in [0.05, 0.1) is 18.2 Å². The van der Waals surface area contributed by atoms with Crippen LogP contribution in [0.4, 0.5) is 0 Å². The van der Waals surface area contributed by atoms with E-state index in [9.17, 15) is 0 Å². The molecule has 1 fully saturated rings. The molecule has 0 heterocycles. The standard InChI is InChI=1S/C18H26N2O/c1-15-7-9-17(10-8-15)20(2)11-4-12-21-18-6-3-5-16(13-18)14-19/h3,5-6,13,15,17H,4,7-12H2,1-2H3. The smallest absolute Gasteiger partial charge is 0.120 e. The summed E-state index contributed by atoms with van der Waals surface area (Å²) in [5, 5.41) is 8.86. The number of rotatable bonds is 6. The minimum absolute atomic E-state index is 0.654. The summed E-state index contributed by atoms with van der Waals surface area (Å²) in [4.78, 5) is 2.49. The second kappa shape index (κ2) is 8.05. The molecule has 1 aliphatic rings. The molecule has 0 atom stereocenters. The highest BCUT2D eigenvalue weighted by molar-refractivity contribution is 5.36. The molecule has 114 valence electrons. The third-order valence-electron chi connectivity index (χ3n) is 4.50. The van der Waals surface area contributed by atoms with Crippen LogP contribution in [-0.2, 0) is 0 Å². The van der Waals surface area contributed by atoms with Gasteiger partial charge in [-0.15, -0.1) is 0 Å². The van der Waals surface area contributed by atoms with E-state index < -0.39 is 0 Å². The molecule has 1 aliphatic carbocycles. The van der Waals surface area contributed by atoms with Crippen LogP contribution in [0.1, 0.15) is 44.6 Å². The first kappa shape index (κ1) is 15.9. The zero-order valence-corrected chi connectivity index (χ0v) is 13.2. The fraction of sp³-hybridized carbons (Fsp3) is 0.611. The van der Waals surface area contributed by atoms with Crippen molar-refractivity contribution in [2.24, 2.45) is 5.92 Å². The highest BCUT2D eigenvalue weighted by Gasteiger charge is 2.21. The maximum atomic E-state index is 8.86. The Kier molecular flexibility index (Phi) is 6.07. The number of hydrogen-bond donors (Lipinski definition) is 0. The molecule has 3 nitrogen and oxygen atoms in total. The Morgan fingerprint density at radius 3 is 2.76 bits per heavy atom. The summed E-state index contributed by atoms with van der Waals surface area (Å²) in [6.45, 7) is 4.15. The van der Waals surface area contributed by atoms with Gasteiger partial charge in [-0.3, -0.25) is 0 Å². The second-order valence-corrected chi connectivity index (χ2v) is 6.24. The Labute approximate surface area is 128 Å². The van der Waals surface area contributed by atoms with Gasteiger partial charge in [0, 0.05) is 12.6 Å². The Morgan fingerprint density at radius 2 is 2.05 bits per heavy atom. The van der Waals surface area contributed by atoms with Crippen LogP contribution >= 0.6 is 0 Å². The molecule has 1 aromatic rings. The monoisotopic (exact) mass is 286 g/mol. The lowest BCUT2D eigenvalue weighted by Gasteiger charge is -2.33. The molecule has 0 saturated heterocycles. The topological polar surface area (TPSA) is 36.3 Å². The first-order valence-electron chi connectivity index (χ1n) is 8.02. The molecule has 0 amide bonds. The van der Waals surface area contributed by atoms with Crippen LogP contribution in [0.25, 0.3) is 0 Å². The van der Waals surface area contributed by atoms with Gasteiger partial charge < -0.3 is 9.64 Å². The molecule has 0 spiro atoms. The van der Waals surface area contributed by atoms with Crippen LogP contribution in [0.15, 0.2) is 24.3 Å². The largest absolute Gasteiger partial charge is 0.494 e. The summed E-state index contributed by atoms with van der Waals surface area (Å²) in [7, 11) is 2.23. The SMILES string of the molecule is CC1CCC(N(C)CCCOc2cccc(C#N)c2)CC1. The summed E-state index contributed by atoms with van der Waals surface area (Å²) < 4.78 is 5.73. The molecule has 1 aromatic carbocycles.